The van der Waals surface area contributed by atoms with Crippen LogP contribution in [0.4, 0.5) is 0 Å². The van der Waals surface area contributed by atoms with Gasteiger partial charge in [-0.05, 0) is 23.0 Å². The van der Waals surface area contributed by atoms with Gasteiger partial charge in [-0.1, -0.05) is 94.1 Å². The highest BCUT2D eigenvalue weighted by Gasteiger charge is 2.35. The van der Waals surface area contributed by atoms with Gasteiger partial charge in [0.15, 0.2) is 0 Å². The molecule has 10 heteroatoms. The average molecular weight is 497 g/mol. The highest BCUT2D eigenvalue weighted by atomic mass is 32.3. The van der Waals surface area contributed by atoms with Crippen LogP contribution in [0.1, 0.15) is 0 Å². The maximum absolute atomic E-state index is 2.27. The van der Waals surface area contributed by atoms with Crippen molar-refractivity contribution in [3.05, 3.63) is 56.9 Å². The molecule has 0 aromatic rings. The Bertz CT molecular complexity index is 729. The number of allylic oxidation sites excluding steroid dienone is 2. The normalized spacial score (nSPS) is 26.0. The second-order valence-corrected chi connectivity index (χ2v) is 16.9. The maximum Gasteiger partial charge on any atom is 0.0718 e. The summed E-state index contributed by atoms with van der Waals surface area (Å²) in [5, 5.41) is 4.29. The van der Waals surface area contributed by atoms with Gasteiger partial charge in [0.25, 0.3) is 0 Å². The first-order valence-corrected chi connectivity index (χ1v) is 15.4. The largest absolute Gasteiger partial charge is 0.116 e. The van der Waals surface area contributed by atoms with Gasteiger partial charge >= 0.3 is 0 Å². The van der Waals surface area contributed by atoms with Crippen molar-refractivity contribution in [3.63, 3.8) is 0 Å². The molecule has 0 nitrogen and oxygen atoms in total. The van der Waals surface area contributed by atoms with Crippen molar-refractivity contribution in [2.45, 2.75) is 0 Å². The minimum atomic E-state index is 1.26. The van der Waals surface area contributed by atoms with Gasteiger partial charge in [-0.25, -0.2) is 0 Å². The van der Waals surface area contributed by atoms with E-state index in [9.17, 15) is 0 Å². The van der Waals surface area contributed by atoms with Crippen molar-refractivity contribution in [1.29, 1.82) is 0 Å². The van der Waals surface area contributed by atoms with Gasteiger partial charge in [0.2, 0.25) is 0 Å². The van der Waals surface area contributed by atoms with E-state index in [0.717, 1.165) is 0 Å². The Morgan fingerprint density at radius 2 is 1.00 bits per heavy atom. The Morgan fingerprint density at radius 1 is 0.542 bits per heavy atom. The van der Waals surface area contributed by atoms with Crippen LogP contribution in [0.3, 0.4) is 0 Å². The van der Waals surface area contributed by atoms with Crippen LogP contribution in [0, 0.1) is 0 Å². The lowest BCUT2D eigenvalue weighted by Crippen LogP contribution is -1.88. The van der Waals surface area contributed by atoms with Crippen LogP contribution in [0.25, 0.3) is 0 Å². The molecule has 5 rings (SSSR count). The quantitative estimate of drug-likeness (QED) is 0.343. The first-order valence-electron chi connectivity index (χ1n) is 6.81. The minimum Gasteiger partial charge on any atom is -0.116 e. The lowest BCUT2D eigenvalue weighted by molar-refractivity contribution is 1.56. The summed E-state index contributed by atoms with van der Waals surface area (Å²) < 4.78 is 11.8. The molecule has 5 aliphatic heterocycles. The van der Waals surface area contributed by atoms with Crippen molar-refractivity contribution in [1.82, 2.24) is 0 Å². The van der Waals surface area contributed by atoms with E-state index in [1.54, 1.807) is 8.47 Å². The van der Waals surface area contributed by atoms with Gasteiger partial charge in [0, 0.05) is 15.7 Å². The Morgan fingerprint density at radius 3 is 1.58 bits per heavy atom. The molecular formula is C14H8S10. The number of thioether (sulfide) groups is 10. The topological polar surface area (TPSA) is 0 Å². The zero-order chi connectivity index (χ0) is 15.9. The molecule has 0 spiro atoms. The fourth-order valence-corrected chi connectivity index (χ4v) is 16.0. The molecule has 0 unspecified atom stereocenters. The predicted octanol–water partition coefficient (Wildman–Crippen LogP) is 8.92. The first-order chi connectivity index (χ1) is 11.8. The van der Waals surface area contributed by atoms with Gasteiger partial charge < -0.3 is 0 Å². The SMILES string of the molecule is C1=CSC(=CC=C2SC3=C(S2)SC(=C2SC4=C(SCCS4)S2)S3)S1. The molecule has 0 N–H and O–H groups in total. The predicted molar refractivity (Wildman–Crippen MR) is 132 cm³/mol. The maximum atomic E-state index is 2.27. The molecule has 0 aromatic heterocycles. The lowest BCUT2D eigenvalue weighted by Gasteiger charge is -2.08. The molecule has 0 bridgehead atoms. The lowest BCUT2D eigenvalue weighted by atomic mass is 10.6. The summed E-state index contributed by atoms with van der Waals surface area (Å²) in [5.41, 5.74) is 0. The molecular weight excluding hydrogens is 489 g/mol. The zero-order valence-corrected chi connectivity index (χ0v) is 20.0. The standard InChI is InChI=1S/C14H8S10/c1(7-15-3-4-16-7)2-8-19-11-12(20-8)24-14(23-11)13-21-9-10(22-13)18-6-5-17-9/h1-4H,5-6H2. The van der Waals surface area contributed by atoms with Gasteiger partial charge in [0.1, 0.15) is 0 Å². The van der Waals surface area contributed by atoms with Crippen molar-refractivity contribution in [2.75, 3.05) is 11.5 Å². The van der Waals surface area contributed by atoms with Crippen molar-refractivity contribution < 1.29 is 0 Å². The third-order valence-corrected chi connectivity index (χ3v) is 16.8. The summed E-state index contributed by atoms with van der Waals surface area (Å²) in [7, 11) is 0. The fourth-order valence-electron chi connectivity index (χ4n) is 1.99. The van der Waals surface area contributed by atoms with Crippen LogP contribution >= 0.6 is 118 Å². The summed E-state index contributed by atoms with van der Waals surface area (Å²) >= 11 is 19.5. The van der Waals surface area contributed by atoms with Gasteiger partial charge in [-0.2, -0.15) is 0 Å². The second kappa shape index (κ2) is 8.13. The molecule has 0 radical (unpaired) electrons. The van der Waals surface area contributed by atoms with E-state index in [-0.39, 0.29) is 0 Å². The Kier molecular flexibility index (Phi) is 6.09. The van der Waals surface area contributed by atoms with E-state index >= 15 is 0 Å². The van der Waals surface area contributed by atoms with E-state index in [0.29, 0.717) is 0 Å². The summed E-state index contributed by atoms with van der Waals surface area (Å²) in [4.78, 5) is 0. The summed E-state index contributed by atoms with van der Waals surface area (Å²) in [6.07, 6.45) is 4.52. The Labute approximate surface area is 184 Å². The van der Waals surface area contributed by atoms with Gasteiger partial charge in [0.05, 0.1) is 29.7 Å². The van der Waals surface area contributed by atoms with E-state index < -0.39 is 0 Å². The number of hydrogen-bond acceptors (Lipinski definition) is 10. The number of rotatable bonds is 1. The average Bonchev–Trinajstić information content (AvgIpc) is 3.33. The van der Waals surface area contributed by atoms with Crippen LogP contribution in [0.15, 0.2) is 56.9 Å². The monoisotopic (exact) mass is 496 g/mol. The van der Waals surface area contributed by atoms with Gasteiger partial charge in [-0.15, -0.1) is 23.5 Å². The summed E-state index contributed by atoms with van der Waals surface area (Å²) in [5.74, 6) is 2.52. The van der Waals surface area contributed by atoms with Crippen LogP contribution < -0.4 is 0 Å². The minimum absolute atomic E-state index is 1.26. The molecule has 0 aliphatic carbocycles. The Hall–Kier alpha value is 1.94. The molecule has 0 aromatic carbocycles. The molecule has 0 saturated heterocycles. The summed E-state index contributed by atoms with van der Waals surface area (Å²) in [6, 6.07) is 0. The van der Waals surface area contributed by atoms with E-state index in [1.165, 1.54) is 36.9 Å². The van der Waals surface area contributed by atoms with E-state index in [1.807, 2.05) is 118 Å². The Balaban J connectivity index is 1.24. The number of hydrogen-bond donors (Lipinski definition) is 0. The zero-order valence-electron chi connectivity index (χ0n) is 11.8. The molecule has 0 saturated carbocycles. The molecule has 124 valence electrons. The third kappa shape index (κ3) is 3.89. The third-order valence-electron chi connectivity index (χ3n) is 2.96. The summed E-state index contributed by atoms with van der Waals surface area (Å²) in [6.45, 7) is 0. The van der Waals surface area contributed by atoms with Crippen molar-refractivity contribution >= 4 is 118 Å². The molecule has 0 fully saturated rings. The molecule has 5 heterocycles. The van der Waals surface area contributed by atoms with E-state index in [4.69, 9.17) is 0 Å². The van der Waals surface area contributed by atoms with Crippen LogP contribution in [0.5, 0.6) is 0 Å². The molecule has 24 heavy (non-hydrogen) atoms. The molecule has 5 aliphatic rings. The smallest absolute Gasteiger partial charge is 0.0718 e. The molecule has 0 amide bonds. The molecule has 0 atom stereocenters. The fraction of sp³-hybridized carbons (Fsp3) is 0.143. The highest BCUT2D eigenvalue weighted by Crippen LogP contribution is 2.71. The van der Waals surface area contributed by atoms with Crippen LogP contribution in [0.2, 0.25) is 0 Å². The van der Waals surface area contributed by atoms with Crippen LogP contribution in [-0.4, -0.2) is 11.5 Å². The van der Waals surface area contributed by atoms with Crippen LogP contribution in [-0.2, 0) is 0 Å². The van der Waals surface area contributed by atoms with Gasteiger partial charge in [-0.3, -0.25) is 0 Å². The first kappa shape index (κ1) is 18.0. The van der Waals surface area contributed by atoms with Crippen molar-refractivity contribution in [3.8, 4) is 0 Å². The van der Waals surface area contributed by atoms with E-state index in [2.05, 4.69) is 23.0 Å². The highest BCUT2D eigenvalue weighted by molar-refractivity contribution is 8.49. The van der Waals surface area contributed by atoms with Crippen molar-refractivity contribution in [2.24, 2.45) is 0 Å². The second-order valence-electron chi connectivity index (χ2n) is 4.51.